The molecule has 16 atom stereocenters. The number of nitrogens with one attached hydrogen (secondary N) is 6. The third-order valence-electron chi connectivity index (χ3n) is 17.5. The van der Waals surface area contributed by atoms with Crippen LogP contribution in [-0.4, -0.2) is 109 Å². The SMILES string of the molecule is CC(C)[C@H](NC(=O)CNC(=O)OC(C)(C)C)C(=O)N[C@H]1C[C@H]2[C@@H](CC[C@H]3C[C@H](NC(=O)[C@H](C)NC(=O)[C@H](C)NC(=O)OC(C)(C)C)CC[C@@]32C)[C@@H]2C[C@@H]3O[C@H](CC[C@@H](C)COC(=O)c4ccccc4)[C@@H](C)[C@@H]3[C@@]12C. The van der Waals surface area contributed by atoms with Gasteiger partial charge >= 0.3 is 18.2 Å². The lowest BCUT2D eigenvalue weighted by molar-refractivity contribution is -0.145. The Balaban J connectivity index is 1.15. The molecule has 0 unspecified atom stereocenters. The molecule has 1 saturated heterocycles. The first kappa shape index (κ1) is 58.3. The van der Waals surface area contributed by atoms with Gasteiger partial charge < -0.3 is 50.8 Å². The van der Waals surface area contributed by atoms with Crippen LogP contribution in [-0.2, 0) is 38.1 Å². The van der Waals surface area contributed by atoms with Crippen LogP contribution in [0, 0.1) is 58.2 Å². The molecule has 0 aromatic heterocycles. The van der Waals surface area contributed by atoms with E-state index in [4.69, 9.17) is 18.9 Å². The van der Waals surface area contributed by atoms with Crippen molar-refractivity contribution in [2.75, 3.05) is 13.2 Å². The summed E-state index contributed by atoms with van der Waals surface area (Å²) < 4.78 is 23.4. The van der Waals surface area contributed by atoms with Crippen LogP contribution >= 0.6 is 0 Å². The maximum atomic E-state index is 14.8. The van der Waals surface area contributed by atoms with E-state index >= 15 is 0 Å². The first-order valence-electron chi connectivity index (χ1n) is 27.5. The summed E-state index contributed by atoms with van der Waals surface area (Å²) in [4.78, 5) is 92.2. The Morgan fingerprint density at radius 3 is 2.04 bits per heavy atom. The zero-order valence-electron chi connectivity index (χ0n) is 46.8. The fourth-order valence-corrected chi connectivity index (χ4v) is 13.8. The third-order valence-corrected chi connectivity index (χ3v) is 17.5. The van der Waals surface area contributed by atoms with Gasteiger partial charge in [0.2, 0.25) is 23.6 Å². The van der Waals surface area contributed by atoms with Crippen LogP contribution in [0.1, 0.15) is 165 Å². The van der Waals surface area contributed by atoms with E-state index in [1.807, 2.05) is 32.0 Å². The summed E-state index contributed by atoms with van der Waals surface area (Å²) in [7, 11) is 0. The number of rotatable bonds is 17. The van der Waals surface area contributed by atoms with Gasteiger partial charge in [0.25, 0.3) is 0 Å². The van der Waals surface area contributed by atoms with Crippen molar-refractivity contribution in [1.29, 1.82) is 0 Å². The summed E-state index contributed by atoms with van der Waals surface area (Å²) in [6.07, 6.45) is 6.45. The lowest BCUT2D eigenvalue weighted by atomic mass is 9.43. The highest BCUT2D eigenvalue weighted by Crippen LogP contribution is 2.70. The number of benzene rings is 1. The molecule has 17 heteroatoms. The molecule has 1 heterocycles. The van der Waals surface area contributed by atoms with Crippen molar-refractivity contribution in [3.63, 3.8) is 0 Å². The summed E-state index contributed by atoms with van der Waals surface area (Å²) in [5.74, 6) is -0.277. The molecule has 74 heavy (non-hydrogen) atoms. The Morgan fingerprint density at radius 1 is 0.743 bits per heavy atom. The predicted molar refractivity (Wildman–Crippen MR) is 280 cm³/mol. The van der Waals surface area contributed by atoms with E-state index in [1.54, 1.807) is 67.5 Å². The van der Waals surface area contributed by atoms with Crippen LogP contribution in [0.25, 0.3) is 0 Å². The average Bonchev–Trinajstić information content (AvgIpc) is 3.80. The summed E-state index contributed by atoms with van der Waals surface area (Å²) in [6, 6.07) is 6.15. The minimum atomic E-state index is -0.908. The van der Waals surface area contributed by atoms with Crippen LogP contribution in [0.15, 0.2) is 30.3 Å². The van der Waals surface area contributed by atoms with Crippen LogP contribution < -0.4 is 31.9 Å². The summed E-state index contributed by atoms with van der Waals surface area (Å²) in [5, 5.41) is 17.6. The summed E-state index contributed by atoms with van der Waals surface area (Å²) in [6.45, 7) is 26.7. The zero-order valence-corrected chi connectivity index (χ0v) is 46.8. The fourth-order valence-electron chi connectivity index (χ4n) is 13.8. The molecule has 17 nitrogen and oxygen atoms in total. The molecule has 5 aliphatic rings. The number of carbonyl (C=O) groups is 7. The molecule has 5 fully saturated rings. The van der Waals surface area contributed by atoms with Crippen molar-refractivity contribution in [3.8, 4) is 0 Å². The second-order valence-electron chi connectivity index (χ2n) is 25.5. The molecular weight excluding hydrogens is 945 g/mol. The number of esters is 1. The van der Waals surface area contributed by atoms with Gasteiger partial charge in [0, 0.05) is 12.1 Å². The summed E-state index contributed by atoms with van der Waals surface area (Å²) in [5.41, 5.74) is -1.30. The second kappa shape index (κ2) is 23.5. The van der Waals surface area contributed by atoms with Crippen molar-refractivity contribution in [1.82, 2.24) is 31.9 Å². The first-order valence-corrected chi connectivity index (χ1v) is 27.5. The van der Waals surface area contributed by atoms with E-state index in [-0.39, 0.29) is 95.0 Å². The molecule has 1 aliphatic heterocycles. The van der Waals surface area contributed by atoms with Crippen molar-refractivity contribution >= 4 is 41.8 Å². The molecule has 0 bridgehead atoms. The lowest BCUT2D eigenvalue weighted by Crippen LogP contribution is -2.65. The van der Waals surface area contributed by atoms with Gasteiger partial charge in [-0.05, 0) is 183 Å². The lowest BCUT2D eigenvalue weighted by Gasteiger charge is -2.63. The van der Waals surface area contributed by atoms with Gasteiger partial charge in [0.05, 0.1) is 24.4 Å². The van der Waals surface area contributed by atoms with Crippen molar-refractivity contribution in [2.45, 2.75) is 208 Å². The van der Waals surface area contributed by atoms with E-state index in [1.165, 1.54) is 0 Å². The smallest absolute Gasteiger partial charge is 0.408 e. The molecule has 0 spiro atoms. The average molecular weight is 1040 g/mol. The standard InChI is InChI=1S/C57H90N6O11/c1-31(2)47(63-45(64)29-58-52(69)73-54(7,8)9)50(67)62-44-28-40-39(41-27-43-46(57(41,44)14)33(4)42(72-43)23-20-32(3)30-71-51(68)36-18-16-15-17-19-36)22-21-37-26-38(24-25-56(37,40)13)61-49(66)34(5)59-48(65)35(6)60-53(70)74-55(10,11)12/h15-19,31-35,37-44,46-47H,20-30H2,1-14H3,(H,58,69)(H,59,65)(H,60,70)(H,61,66)(H,62,67)(H,63,64)/t32-,33-,34+,35+,37+,38-,39-,40+,41+,42-,43+,44+,46+,47+,56+,57-/m1/s1. The van der Waals surface area contributed by atoms with Crippen LogP contribution in [0.2, 0.25) is 0 Å². The van der Waals surface area contributed by atoms with Gasteiger partial charge in [-0.3, -0.25) is 19.2 Å². The van der Waals surface area contributed by atoms with Crippen molar-refractivity contribution in [3.05, 3.63) is 35.9 Å². The number of amides is 6. The number of fused-ring (bicyclic) bond motifs is 7. The minimum Gasteiger partial charge on any atom is -0.462 e. The molecule has 6 amide bonds. The number of alkyl carbamates (subject to hydrolysis) is 2. The molecule has 4 aliphatic carbocycles. The monoisotopic (exact) mass is 1030 g/mol. The highest BCUT2D eigenvalue weighted by molar-refractivity contribution is 5.91. The van der Waals surface area contributed by atoms with E-state index in [9.17, 15) is 33.6 Å². The molecule has 4 saturated carbocycles. The Labute approximate surface area is 440 Å². The molecule has 1 aromatic carbocycles. The number of ether oxygens (including phenoxy) is 4. The number of carbonyl (C=O) groups excluding carboxylic acids is 7. The summed E-state index contributed by atoms with van der Waals surface area (Å²) >= 11 is 0. The molecule has 414 valence electrons. The predicted octanol–water partition coefficient (Wildman–Crippen LogP) is 7.59. The molecule has 6 rings (SSSR count). The Hall–Kier alpha value is -4.93. The van der Waals surface area contributed by atoms with Gasteiger partial charge in [-0.2, -0.15) is 0 Å². The normalized spacial score (nSPS) is 31.8. The highest BCUT2D eigenvalue weighted by atomic mass is 16.6. The van der Waals surface area contributed by atoms with Gasteiger partial charge in [-0.15, -0.1) is 0 Å². The van der Waals surface area contributed by atoms with E-state index < -0.39 is 53.3 Å². The van der Waals surface area contributed by atoms with Crippen LogP contribution in [0.3, 0.4) is 0 Å². The van der Waals surface area contributed by atoms with Gasteiger partial charge in [0.1, 0.15) is 35.9 Å². The molecular formula is C57H90N6O11. The van der Waals surface area contributed by atoms with E-state index in [2.05, 4.69) is 59.6 Å². The zero-order chi connectivity index (χ0) is 54.7. The number of hydrogen-bond acceptors (Lipinski definition) is 11. The quantitative estimate of drug-likeness (QED) is 0.0658. The van der Waals surface area contributed by atoms with Gasteiger partial charge in [-0.25, -0.2) is 14.4 Å². The maximum Gasteiger partial charge on any atom is 0.408 e. The van der Waals surface area contributed by atoms with Crippen molar-refractivity contribution < 1.29 is 52.5 Å². The second-order valence-corrected chi connectivity index (χ2v) is 25.5. The first-order chi connectivity index (χ1) is 34.5. The van der Waals surface area contributed by atoms with Gasteiger partial charge in [0.15, 0.2) is 0 Å². The Kier molecular flexibility index (Phi) is 18.6. The fraction of sp³-hybridized carbons (Fsp3) is 0.772. The van der Waals surface area contributed by atoms with E-state index in [0.29, 0.717) is 24.0 Å². The maximum absolute atomic E-state index is 14.8. The number of hydrogen-bond donors (Lipinski definition) is 6. The molecule has 1 aromatic rings. The van der Waals surface area contributed by atoms with Crippen LogP contribution in [0.5, 0.6) is 0 Å². The Morgan fingerprint density at radius 2 is 1.39 bits per heavy atom. The molecule has 0 radical (unpaired) electrons. The minimum absolute atomic E-state index is 0.0105. The Bertz CT molecular complexity index is 2180. The van der Waals surface area contributed by atoms with E-state index in [0.717, 1.165) is 57.8 Å². The third kappa shape index (κ3) is 13.9. The largest absolute Gasteiger partial charge is 0.462 e. The van der Waals surface area contributed by atoms with Crippen molar-refractivity contribution in [2.24, 2.45) is 58.2 Å². The van der Waals surface area contributed by atoms with Gasteiger partial charge in [-0.1, -0.05) is 59.7 Å². The topological polar surface area (TPSA) is 229 Å². The molecule has 6 N–H and O–H groups in total. The van der Waals surface area contributed by atoms with Crippen LogP contribution in [0.4, 0.5) is 9.59 Å². The highest BCUT2D eigenvalue weighted by Gasteiger charge is 2.69.